The van der Waals surface area contributed by atoms with Crippen LogP contribution in [0.15, 0.2) is 78.3 Å². The smallest absolute Gasteiger partial charge is 0.326 e. The van der Waals surface area contributed by atoms with Crippen molar-refractivity contribution in [3.63, 3.8) is 0 Å². The lowest BCUT2D eigenvalue weighted by molar-refractivity contribution is -0.144. The van der Waals surface area contributed by atoms with Crippen LogP contribution in [0.2, 0.25) is 0 Å². The largest absolute Gasteiger partial charge is 0.481 e. The molecule has 6 atom stereocenters. The van der Waals surface area contributed by atoms with E-state index in [0.717, 1.165) is 27.9 Å². The number of anilines is 1. The molecule has 0 aliphatic carbocycles. The molecule has 1 fully saturated rings. The molecule has 0 saturated carbocycles. The van der Waals surface area contributed by atoms with E-state index in [1.807, 2.05) is 53.4 Å². The Balaban J connectivity index is 1.37. The maximum absolute atomic E-state index is 14.2. The van der Waals surface area contributed by atoms with Crippen LogP contribution in [0.3, 0.4) is 0 Å². The van der Waals surface area contributed by atoms with E-state index in [2.05, 4.69) is 31.6 Å². The van der Waals surface area contributed by atoms with Crippen LogP contribution >= 0.6 is 11.3 Å². The second-order valence-electron chi connectivity index (χ2n) is 16.4. The first-order valence-corrected chi connectivity index (χ1v) is 22.4. The van der Waals surface area contributed by atoms with E-state index in [4.69, 9.17) is 5.73 Å². The standard InChI is InChI=1S/C45H55N9O12S/c1-25(2)19-34(45(65)66)51-44(64)39(35-13-8-18-67-35)52-43(63)33(23-38(58)59)50-41(61)31(21-36(55)54-16-14-53(15-17-54)27-9-4-3-5-10-27)49-42(62)32(22-37(56)57)48-40(60)29(46)20-26-24-47-30-12-7-6-11-28(26)30/h3-13,18,24-25,29,31-34,39,47H,14-17,19-23,46H2,1-2H3,(H,48,60)(H,49,62)(H,50,61)(H,51,64)(H,52,63)(H,56,57)(H,58,59)(H,65,66)/t29-,31+,32-,33+,34+,39-/m1/s1. The van der Waals surface area contributed by atoms with Crippen LogP contribution in [0.1, 0.15) is 56.0 Å². The number of amides is 6. The molecule has 0 unspecified atom stereocenters. The topological polar surface area (TPSA) is 323 Å². The molecule has 22 heteroatoms. The number of carbonyl (C=O) groups excluding carboxylic acids is 6. The molecular formula is C45H55N9O12S. The number of H-pyrrole nitrogens is 1. The van der Waals surface area contributed by atoms with Gasteiger partial charge in [-0.25, -0.2) is 4.79 Å². The molecule has 5 rings (SSSR count). The van der Waals surface area contributed by atoms with Gasteiger partial charge in [0, 0.05) is 53.8 Å². The number of aromatic amines is 1. The Labute approximate surface area is 388 Å². The first-order chi connectivity index (χ1) is 31.9. The summed E-state index contributed by atoms with van der Waals surface area (Å²) in [4.78, 5) is 126. The van der Waals surface area contributed by atoms with E-state index in [1.54, 1.807) is 37.6 Å². The number of nitrogens with one attached hydrogen (secondary N) is 6. The van der Waals surface area contributed by atoms with E-state index < -0.39 is 109 Å². The lowest BCUT2D eigenvalue weighted by Gasteiger charge is -2.36. The van der Waals surface area contributed by atoms with Gasteiger partial charge < -0.3 is 62.4 Å². The number of carbonyl (C=O) groups is 9. The fourth-order valence-electron chi connectivity index (χ4n) is 7.50. The molecule has 1 aliphatic heterocycles. The number of para-hydroxylation sites is 2. The molecule has 1 saturated heterocycles. The number of nitrogens with two attached hydrogens (primary N) is 1. The number of carboxylic acids is 3. The van der Waals surface area contributed by atoms with Crippen LogP contribution in [0.4, 0.5) is 5.69 Å². The third-order valence-electron chi connectivity index (χ3n) is 10.9. The molecule has 0 spiro atoms. The monoisotopic (exact) mass is 945 g/mol. The number of benzene rings is 2. The van der Waals surface area contributed by atoms with Gasteiger partial charge >= 0.3 is 17.9 Å². The summed E-state index contributed by atoms with van der Waals surface area (Å²) >= 11 is 1.03. The van der Waals surface area contributed by atoms with Gasteiger partial charge in [-0.15, -0.1) is 11.3 Å². The zero-order valence-electron chi connectivity index (χ0n) is 36.8. The van der Waals surface area contributed by atoms with Crippen molar-refractivity contribution in [2.45, 2.75) is 82.2 Å². The van der Waals surface area contributed by atoms with Crippen molar-refractivity contribution in [3.8, 4) is 0 Å². The Morgan fingerprint density at radius 1 is 0.657 bits per heavy atom. The van der Waals surface area contributed by atoms with Gasteiger partial charge in [0.15, 0.2) is 0 Å². The first kappa shape index (κ1) is 50.7. The summed E-state index contributed by atoms with van der Waals surface area (Å²) in [6, 6.07) is 9.95. The number of carboxylic acid groups (broad SMARTS) is 3. The molecule has 11 N–H and O–H groups in total. The van der Waals surface area contributed by atoms with Crippen molar-refractivity contribution in [3.05, 3.63) is 88.7 Å². The predicted molar refractivity (Wildman–Crippen MR) is 244 cm³/mol. The molecule has 67 heavy (non-hydrogen) atoms. The van der Waals surface area contributed by atoms with Crippen LogP contribution in [-0.2, 0) is 49.6 Å². The molecular weight excluding hydrogens is 891 g/mol. The minimum Gasteiger partial charge on any atom is -0.481 e. The summed E-state index contributed by atoms with van der Waals surface area (Å²) < 4.78 is 0. The van der Waals surface area contributed by atoms with Gasteiger partial charge in [0.1, 0.15) is 30.2 Å². The molecule has 0 bridgehead atoms. The van der Waals surface area contributed by atoms with Crippen molar-refractivity contribution < 1.29 is 58.5 Å². The first-order valence-electron chi connectivity index (χ1n) is 21.5. The number of aromatic nitrogens is 1. The Kier molecular flexibility index (Phi) is 17.9. The maximum atomic E-state index is 14.2. The lowest BCUT2D eigenvalue weighted by atomic mass is 10.0. The van der Waals surface area contributed by atoms with Gasteiger partial charge in [-0.3, -0.25) is 38.4 Å². The Morgan fingerprint density at radius 2 is 1.21 bits per heavy atom. The summed E-state index contributed by atoms with van der Waals surface area (Å²) in [6.07, 6.45) is -1.06. The molecule has 2 aromatic carbocycles. The van der Waals surface area contributed by atoms with E-state index in [9.17, 15) is 58.5 Å². The highest BCUT2D eigenvalue weighted by molar-refractivity contribution is 7.10. The van der Waals surface area contributed by atoms with E-state index in [-0.39, 0.29) is 36.7 Å². The number of nitrogens with zero attached hydrogens (tertiary/aromatic N) is 2. The number of piperazine rings is 1. The maximum Gasteiger partial charge on any atom is 0.326 e. The molecule has 4 aromatic rings. The predicted octanol–water partition coefficient (Wildman–Crippen LogP) is 0.715. The zero-order valence-corrected chi connectivity index (χ0v) is 37.6. The summed E-state index contributed by atoms with van der Waals surface area (Å²) in [6.45, 7) is 4.74. The molecule has 1 aliphatic rings. The molecule has 358 valence electrons. The van der Waals surface area contributed by atoms with Crippen LogP contribution in [-0.4, -0.2) is 135 Å². The van der Waals surface area contributed by atoms with Crippen LogP contribution in [0, 0.1) is 5.92 Å². The van der Waals surface area contributed by atoms with Gasteiger partial charge in [-0.2, -0.15) is 0 Å². The third-order valence-corrected chi connectivity index (χ3v) is 11.9. The summed E-state index contributed by atoms with van der Waals surface area (Å²) in [5.41, 5.74) is 8.61. The highest BCUT2D eigenvalue weighted by atomic mass is 32.1. The van der Waals surface area contributed by atoms with Crippen molar-refractivity contribution in [1.82, 2.24) is 36.5 Å². The Morgan fingerprint density at radius 3 is 1.78 bits per heavy atom. The van der Waals surface area contributed by atoms with Crippen LogP contribution in [0.25, 0.3) is 10.9 Å². The number of hydrogen-bond acceptors (Lipinski definition) is 12. The number of hydrogen-bond donors (Lipinski definition) is 10. The van der Waals surface area contributed by atoms with Crippen molar-refractivity contribution in [1.29, 1.82) is 0 Å². The molecule has 2 aromatic heterocycles. The lowest BCUT2D eigenvalue weighted by Crippen LogP contribution is -2.60. The van der Waals surface area contributed by atoms with E-state index >= 15 is 0 Å². The number of fused-ring (bicyclic) bond motifs is 1. The minimum absolute atomic E-state index is 0.00551. The normalized spacial score (nSPS) is 15.3. The van der Waals surface area contributed by atoms with Gasteiger partial charge in [-0.1, -0.05) is 56.3 Å². The number of rotatable bonds is 23. The van der Waals surface area contributed by atoms with Crippen molar-refractivity contribution >= 4 is 81.3 Å². The Hall–Kier alpha value is -7.33. The Bertz CT molecular complexity index is 2400. The average molecular weight is 946 g/mol. The summed E-state index contributed by atoms with van der Waals surface area (Å²) in [7, 11) is 0. The zero-order chi connectivity index (χ0) is 48.8. The average Bonchev–Trinajstić information content (AvgIpc) is 3.98. The number of thiophene rings is 1. The van der Waals surface area contributed by atoms with E-state index in [0.29, 0.717) is 18.7 Å². The second kappa shape index (κ2) is 23.7. The van der Waals surface area contributed by atoms with Crippen LogP contribution in [0.5, 0.6) is 0 Å². The van der Waals surface area contributed by atoms with E-state index in [1.165, 1.54) is 11.0 Å². The molecule has 3 heterocycles. The van der Waals surface area contributed by atoms with Gasteiger partial charge in [0.05, 0.1) is 25.3 Å². The van der Waals surface area contributed by atoms with Crippen molar-refractivity contribution in [2.24, 2.45) is 11.7 Å². The molecule has 6 amide bonds. The quantitative estimate of drug-likeness (QED) is 0.0490. The summed E-state index contributed by atoms with van der Waals surface area (Å²) in [5.74, 6) is -10.6. The minimum atomic E-state index is -1.94. The molecule has 21 nitrogen and oxygen atoms in total. The summed E-state index contributed by atoms with van der Waals surface area (Å²) in [5, 5.41) is 43.5. The number of aliphatic carboxylic acids is 3. The van der Waals surface area contributed by atoms with Gasteiger partial charge in [0.25, 0.3) is 0 Å². The second-order valence-corrected chi connectivity index (χ2v) is 17.4. The van der Waals surface area contributed by atoms with Crippen LogP contribution < -0.4 is 37.2 Å². The van der Waals surface area contributed by atoms with Gasteiger partial charge in [0.2, 0.25) is 35.4 Å². The van der Waals surface area contributed by atoms with Gasteiger partial charge in [-0.05, 0) is 54.0 Å². The van der Waals surface area contributed by atoms with Crippen molar-refractivity contribution in [2.75, 3.05) is 31.1 Å². The highest BCUT2D eigenvalue weighted by Crippen LogP contribution is 2.22. The SMILES string of the molecule is CC(C)C[C@H](NC(=O)[C@H](NC(=O)[C@H](CC(=O)O)NC(=O)[C@H](CC(=O)N1CCN(c2ccccc2)CC1)NC(=O)[C@@H](CC(=O)O)NC(=O)[C@H](N)Cc1c[nH]c2ccccc12)c1cccs1)C(=O)O. The fraction of sp³-hybridized carbons (Fsp3) is 0.400. The molecule has 0 radical (unpaired) electrons. The fourth-order valence-corrected chi connectivity index (χ4v) is 8.27. The highest BCUT2D eigenvalue weighted by Gasteiger charge is 2.37. The third kappa shape index (κ3) is 14.6.